The van der Waals surface area contributed by atoms with Crippen LogP contribution in [-0.2, 0) is 11.2 Å². The Labute approximate surface area is 122 Å². The second-order valence-corrected chi connectivity index (χ2v) is 5.71. The first-order valence-corrected chi connectivity index (χ1v) is 7.84. The second-order valence-electron chi connectivity index (χ2n) is 5.71. The summed E-state index contributed by atoms with van der Waals surface area (Å²) in [6.45, 7) is 2.93. The summed E-state index contributed by atoms with van der Waals surface area (Å²) in [7, 11) is 0. The van der Waals surface area contributed by atoms with Crippen molar-refractivity contribution in [3.63, 3.8) is 0 Å². The van der Waals surface area contributed by atoms with Crippen LogP contribution in [0.5, 0.6) is 0 Å². The number of anilines is 1. The summed E-state index contributed by atoms with van der Waals surface area (Å²) >= 11 is 0. The van der Waals surface area contributed by atoms with Gasteiger partial charge in [0, 0.05) is 24.7 Å². The van der Waals surface area contributed by atoms with Gasteiger partial charge in [-0.05, 0) is 43.9 Å². The molecule has 0 unspecified atom stereocenters. The van der Waals surface area contributed by atoms with Gasteiger partial charge in [0.05, 0.1) is 0 Å². The fraction of sp³-hybridized carbons (Fsp3) is 0.588. The number of hydrogen-bond donors (Lipinski definition) is 1. The maximum atomic E-state index is 12.4. The average molecular weight is 274 g/mol. The van der Waals surface area contributed by atoms with Gasteiger partial charge in [-0.1, -0.05) is 31.4 Å². The van der Waals surface area contributed by atoms with Gasteiger partial charge >= 0.3 is 0 Å². The third kappa shape index (κ3) is 3.99. The maximum absolute atomic E-state index is 12.4. The van der Waals surface area contributed by atoms with Gasteiger partial charge in [0.2, 0.25) is 5.91 Å². The van der Waals surface area contributed by atoms with Crippen LogP contribution in [0.3, 0.4) is 0 Å². The standard InChI is InChI=1S/C17H26N2O/c1-2-19(16-6-4-3-5-7-16)17(20)13-10-14-8-11-15(18)12-9-14/h8-9,11-12,16H,2-7,10,13,18H2,1H3. The minimum Gasteiger partial charge on any atom is -0.399 e. The summed E-state index contributed by atoms with van der Waals surface area (Å²) in [5.74, 6) is 0.302. The molecule has 3 nitrogen and oxygen atoms in total. The number of hydrogen-bond acceptors (Lipinski definition) is 2. The molecule has 0 radical (unpaired) electrons. The van der Waals surface area contributed by atoms with E-state index in [1.807, 2.05) is 24.3 Å². The van der Waals surface area contributed by atoms with E-state index in [-0.39, 0.29) is 0 Å². The largest absolute Gasteiger partial charge is 0.399 e. The molecule has 0 bridgehead atoms. The quantitative estimate of drug-likeness (QED) is 0.837. The molecule has 1 amide bonds. The number of benzene rings is 1. The second kappa shape index (κ2) is 7.32. The highest BCUT2D eigenvalue weighted by Gasteiger charge is 2.23. The van der Waals surface area contributed by atoms with Crippen molar-refractivity contribution >= 4 is 11.6 Å². The lowest BCUT2D eigenvalue weighted by molar-refractivity contribution is -0.133. The summed E-state index contributed by atoms with van der Waals surface area (Å²) in [6, 6.07) is 8.31. The van der Waals surface area contributed by atoms with E-state index < -0.39 is 0 Å². The molecule has 0 aromatic heterocycles. The molecule has 1 aliphatic rings. The smallest absolute Gasteiger partial charge is 0.223 e. The highest BCUT2D eigenvalue weighted by Crippen LogP contribution is 2.23. The van der Waals surface area contributed by atoms with Crippen molar-refractivity contribution < 1.29 is 4.79 Å². The van der Waals surface area contributed by atoms with Crippen molar-refractivity contribution in [3.8, 4) is 0 Å². The molecule has 2 N–H and O–H groups in total. The van der Waals surface area contributed by atoms with Crippen LogP contribution in [-0.4, -0.2) is 23.4 Å². The first-order chi connectivity index (χ1) is 9.70. The minimum atomic E-state index is 0.302. The van der Waals surface area contributed by atoms with Crippen molar-refractivity contribution in [2.45, 2.75) is 57.9 Å². The first kappa shape index (κ1) is 14.9. The summed E-state index contributed by atoms with van der Waals surface area (Å²) in [6.07, 6.45) is 7.64. The van der Waals surface area contributed by atoms with Gasteiger partial charge in [-0.2, -0.15) is 0 Å². The molecule has 3 heteroatoms. The SMILES string of the molecule is CCN(C(=O)CCc1ccc(N)cc1)C1CCCCC1. The minimum absolute atomic E-state index is 0.302. The van der Waals surface area contributed by atoms with Crippen LogP contribution >= 0.6 is 0 Å². The Morgan fingerprint density at radius 2 is 1.85 bits per heavy atom. The predicted octanol–water partition coefficient (Wildman–Crippen LogP) is 3.38. The van der Waals surface area contributed by atoms with Crippen LogP contribution in [0, 0.1) is 0 Å². The van der Waals surface area contributed by atoms with Crippen molar-refractivity contribution in [1.29, 1.82) is 0 Å². The highest BCUT2D eigenvalue weighted by molar-refractivity contribution is 5.76. The zero-order valence-corrected chi connectivity index (χ0v) is 12.5. The lowest BCUT2D eigenvalue weighted by Gasteiger charge is -2.33. The first-order valence-electron chi connectivity index (χ1n) is 7.84. The fourth-order valence-electron chi connectivity index (χ4n) is 3.11. The predicted molar refractivity (Wildman–Crippen MR) is 83.4 cm³/mol. The monoisotopic (exact) mass is 274 g/mol. The Kier molecular flexibility index (Phi) is 5.45. The summed E-state index contributed by atoms with van der Waals surface area (Å²) in [5, 5.41) is 0. The van der Waals surface area contributed by atoms with E-state index in [9.17, 15) is 4.79 Å². The lowest BCUT2D eigenvalue weighted by atomic mass is 9.94. The summed E-state index contributed by atoms with van der Waals surface area (Å²) in [4.78, 5) is 14.5. The molecular weight excluding hydrogens is 248 g/mol. The zero-order valence-electron chi connectivity index (χ0n) is 12.5. The van der Waals surface area contributed by atoms with Crippen molar-refractivity contribution in [1.82, 2.24) is 4.90 Å². The normalized spacial score (nSPS) is 16.1. The van der Waals surface area contributed by atoms with Crippen LogP contribution in [0.15, 0.2) is 24.3 Å². The van der Waals surface area contributed by atoms with Gasteiger partial charge in [-0.15, -0.1) is 0 Å². The molecule has 1 aromatic rings. The molecule has 1 fully saturated rings. The molecule has 1 saturated carbocycles. The van der Waals surface area contributed by atoms with Crippen LogP contribution in [0.2, 0.25) is 0 Å². The topological polar surface area (TPSA) is 46.3 Å². The molecule has 1 aliphatic carbocycles. The van der Waals surface area contributed by atoms with E-state index in [1.54, 1.807) is 0 Å². The Balaban J connectivity index is 1.87. The van der Waals surface area contributed by atoms with E-state index >= 15 is 0 Å². The van der Waals surface area contributed by atoms with E-state index in [0.29, 0.717) is 18.4 Å². The van der Waals surface area contributed by atoms with E-state index in [2.05, 4.69) is 11.8 Å². The van der Waals surface area contributed by atoms with Gasteiger partial charge in [0.15, 0.2) is 0 Å². The molecule has 0 atom stereocenters. The van der Waals surface area contributed by atoms with Crippen molar-refractivity contribution in [2.75, 3.05) is 12.3 Å². The van der Waals surface area contributed by atoms with Gasteiger partial charge in [-0.25, -0.2) is 0 Å². The Morgan fingerprint density at radius 1 is 1.20 bits per heavy atom. The van der Waals surface area contributed by atoms with Gasteiger partial charge < -0.3 is 10.6 Å². The van der Waals surface area contributed by atoms with Crippen molar-refractivity contribution in [3.05, 3.63) is 29.8 Å². The van der Waals surface area contributed by atoms with Crippen LogP contribution in [0.1, 0.15) is 51.0 Å². The number of carbonyl (C=O) groups excluding carboxylic acids is 1. The molecule has 0 heterocycles. The Bertz CT molecular complexity index is 421. The molecule has 0 spiro atoms. The number of nitrogen functional groups attached to an aromatic ring is 1. The number of nitrogens with two attached hydrogens (primary N) is 1. The van der Waals surface area contributed by atoms with E-state index in [1.165, 1.54) is 37.7 Å². The molecular formula is C17H26N2O. The van der Waals surface area contributed by atoms with Crippen LogP contribution in [0.25, 0.3) is 0 Å². The number of rotatable bonds is 5. The van der Waals surface area contributed by atoms with E-state index in [0.717, 1.165) is 18.7 Å². The van der Waals surface area contributed by atoms with Gasteiger partial charge in [0.25, 0.3) is 0 Å². The van der Waals surface area contributed by atoms with Gasteiger partial charge in [-0.3, -0.25) is 4.79 Å². The summed E-state index contributed by atoms with van der Waals surface area (Å²) in [5.41, 5.74) is 7.64. The van der Waals surface area contributed by atoms with E-state index in [4.69, 9.17) is 5.73 Å². The number of carbonyl (C=O) groups is 1. The number of amides is 1. The molecule has 1 aromatic carbocycles. The lowest BCUT2D eigenvalue weighted by Crippen LogP contribution is -2.41. The molecule has 0 aliphatic heterocycles. The third-order valence-corrected chi connectivity index (χ3v) is 4.28. The molecule has 110 valence electrons. The molecule has 20 heavy (non-hydrogen) atoms. The zero-order chi connectivity index (χ0) is 14.4. The maximum Gasteiger partial charge on any atom is 0.223 e. The number of aryl methyl sites for hydroxylation is 1. The van der Waals surface area contributed by atoms with Crippen molar-refractivity contribution in [2.24, 2.45) is 0 Å². The van der Waals surface area contributed by atoms with Gasteiger partial charge in [0.1, 0.15) is 0 Å². The fourth-order valence-corrected chi connectivity index (χ4v) is 3.11. The Hall–Kier alpha value is -1.51. The molecule has 0 saturated heterocycles. The van der Waals surface area contributed by atoms with Crippen LogP contribution < -0.4 is 5.73 Å². The number of nitrogens with zero attached hydrogens (tertiary/aromatic N) is 1. The third-order valence-electron chi connectivity index (χ3n) is 4.28. The molecule has 2 rings (SSSR count). The highest BCUT2D eigenvalue weighted by atomic mass is 16.2. The summed E-state index contributed by atoms with van der Waals surface area (Å²) < 4.78 is 0. The average Bonchev–Trinajstić information content (AvgIpc) is 2.48. The Morgan fingerprint density at radius 3 is 2.45 bits per heavy atom. The van der Waals surface area contributed by atoms with Crippen LogP contribution in [0.4, 0.5) is 5.69 Å².